The minimum absolute atomic E-state index is 0.134. The minimum Gasteiger partial charge on any atom is -0.366 e. The summed E-state index contributed by atoms with van der Waals surface area (Å²) >= 11 is 3.19. The Bertz CT molecular complexity index is 540. The van der Waals surface area contributed by atoms with E-state index >= 15 is 0 Å². The van der Waals surface area contributed by atoms with Gasteiger partial charge in [0.1, 0.15) is 11.8 Å². The minimum atomic E-state index is 0.134. The van der Waals surface area contributed by atoms with Crippen LogP contribution in [0.3, 0.4) is 0 Å². The van der Waals surface area contributed by atoms with Gasteiger partial charge in [0, 0.05) is 6.20 Å². The second-order valence-electron chi connectivity index (χ2n) is 2.63. The lowest BCUT2D eigenvalue weighted by Gasteiger charge is -2.01. The fourth-order valence-corrected chi connectivity index (χ4v) is 1.57. The second-order valence-corrected chi connectivity index (χ2v) is 3.34. The van der Waals surface area contributed by atoms with Crippen LogP contribution in [-0.4, -0.2) is 19.7 Å². The Morgan fingerprint density at radius 1 is 1.53 bits per heavy atom. The molecule has 0 radical (unpaired) electrons. The van der Waals surface area contributed by atoms with E-state index in [2.05, 4.69) is 31.0 Å². The molecule has 74 valence electrons. The number of hydrogen-bond donors (Lipinski definition) is 1. The molecule has 0 bridgehead atoms. The fraction of sp³-hybridized carbons (Fsp3) is 0. The fourth-order valence-electron chi connectivity index (χ4n) is 1.12. The molecule has 0 saturated carbocycles. The van der Waals surface area contributed by atoms with Crippen LogP contribution in [0.4, 0.5) is 5.95 Å². The zero-order valence-electron chi connectivity index (χ0n) is 7.42. The van der Waals surface area contributed by atoms with Crippen LogP contribution in [0.5, 0.6) is 0 Å². The molecule has 2 N–H and O–H groups in total. The number of nitrogen functional groups attached to an aromatic ring is 1. The summed E-state index contributed by atoms with van der Waals surface area (Å²) in [6, 6.07) is 5.39. The van der Waals surface area contributed by atoms with E-state index in [1.165, 1.54) is 10.9 Å². The average Bonchev–Trinajstić information content (AvgIpc) is 2.57. The third-order valence-electron chi connectivity index (χ3n) is 1.70. The Morgan fingerprint density at radius 3 is 2.93 bits per heavy atom. The highest BCUT2D eigenvalue weighted by atomic mass is 79.9. The van der Waals surface area contributed by atoms with E-state index in [9.17, 15) is 0 Å². The van der Waals surface area contributed by atoms with Crippen LogP contribution in [0.25, 0.3) is 5.69 Å². The van der Waals surface area contributed by atoms with Gasteiger partial charge in [-0.3, -0.25) is 0 Å². The molecule has 0 fully saturated rings. The van der Waals surface area contributed by atoms with Gasteiger partial charge in [-0.1, -0.05) is 0 Å². The van der Waals surface area contributed by atoms with Crippen molar-refractivity contribution in [2.24, 2.45) is 0 Å². The number of rotatable bonds is 1. The lowest BCUT2D eigenvalue weighted by atomic mass is 10.3. The first-order chi connectivity index (χ1) is 7.22. The van der Waals surface area contributed by atoms with Crippen molar-refractivity contribution in [2.75, 3.05) is 5.73 Å². The quantitative estimate of drug-likeness (QED) is 0.825. The van der Waals surface area contributed by atoms with Gasteiger partial charge in [0.25, 0.3) is 0 Å². The summed E-state index contributed by atoms with van der Waals surface area (Å²) in [5.41, 5.74) is 6.24. The number of aromatic nitrogens is 4. The third-order valence-corrected chi connectivity index (χ3v) is 2.22. The van der Waals surface area contributed by atoms with Gasteiger partial charge in [0.2, 0.25) is 10.7 Å². The molecule has 0 aromatic carbocycles. The number of nitriles is 1. The van der Waals surface area contributed by atoms with Gasteiger partial charge in [0.05, 0.1) is 0 Å². The molecule has 2 aromatic rings. The maximum atomic E-state index is 8.86. The summed E-state index contributed by atoms with van der Waals surface area (Å²) in [6.07, 6.45) is 1.54. The molecule has 2 aromatic heterocycles. The molecule has 2 rings (SSSR count). The van der Waals surface area contributed by atoms with Gasteiger partial charge >= 0.3 is 0 Å². The van der Waals surface area contributed by atoms with E-state index < -0.39 is 0 Å². The Labute approximate surface area is 93.5 Å². The molecule has 0 aliphatic heterocycles. The van der Waals surface area contributed by atoms with Gasteiger partial charge in [-0.05, 0) is 28.1 Å². The predicted octanol–water partition coefficient (Wildman–Crippen LogP) is 0.879. The number of halogens is 1. The van der Waals surface area contributed by atoms with E-state index in [1.807, 2.05) is 6.07 Å². The molecule has 0 atom stereocenters. The van der Waals surface area contributed by atoms with Gasteiger partial charge in [-0.25, -0.2) is 9.67 Å². The molecule has 0 unspecified atom stereocenters. The highest BCUT2D eigenvalue weighted by Crippen LogP contribution is 2.17. The molecule has 7 heteroatoms. The first-order valence-corrected chi connectivity index (χ1v) is 4.75. The maximum absolute atomic E-state index is 8.86. The summed E-state index contributed by atoms with van der Waals surface area (Å²) in [7, 11) is 0. The van der Waals surface area contributed by atoms with Gasteiger partial charge in [-0.15, -0.1) is 5.10 Å². The number of anilines is 1. The van der Waals surface area contributed by atoms with Crippen molar-refractivity contribution in [3.63, 3.8) is 0 Å². The number of hydrogen-bond acceptors (Lipinski definition) is 5. The van der Waals surface area contributed by atoms with Crippen molar-refractivity contribution < 1.29 is 0 Å². The molecule has 15 heavy (non-hydrogen) atoms. The molecule has 6 nitrogen and oxygen atoms in total. The maximum Gasteiger partial charge on any atom is 0.240 e. The zero-order valence-corrected chi connectivity index (χ0v) is 9.01. The molecule has 0 aliphatic rings. The van der Waals surface area contributed by atoms with Crippen LogP contribution in [0.2, 0.25) is 0 Å². The molecular weight excluding hydrogens is 260 g/mol. The number of nitrogens with two attached hydrogens (primary N) is 1. The topological polar surface area (TPSA) is 93.4 Å². The third kappa shape index (κ3) is 1.67. The molecule has 0 aliphatic carbocycles. The Balaban J connectivity index is 2.64. The number of nitrogens with zero attached hydrogens (tertiary/aromatic N) is 5. The Kier molecular flexibility index (Phi) is 2.35. The molecule has 0 spiro atoms. The summed E-state index contributed by atoms with van der Waals surface area (Å²) in [5, 5.41) is 12.8. The zero-order chi connectivity index (χ0) is 10.8. The van der Waals surface area contributed by atoms with Crippen LogP contribution in [-0.2, 0) is 0 Å². The van der Waals surface area contributed by atoms with Crippen LogP contribution < -0.4 is 5.73 Å². The molecular formula is C8H5BrN6. The average molecular weight is 265 g/mol. The summed E-state index contributed by atoms with van der Waals surface area (Å²) < 4.78 is 1.85. The van der Waals surface area contributed by atoms with Crippen molar-refractivity contribution in [1.29, 1.82) is 5.26 Å². The van der Waals surface area contributed by atoms with Crippen molar-refractivity contribution >= 4 is 21.9 Å². The smallest absolute Gasteiger partial charge is 0.240 e. The van der Waals surface area contributed by atoms with Crippen LogP contribution in [0, 0.1) is 11.3 Å². The molecule has 0 amide bonds. The van der Waals surface area contributed by atoms with E-state index in [-0.39, 0.29) is 11.6 Å². The van der Waals surface area contributed by atoms with Crippen molar-refractivity contribution in [1.82, 2.24) is 19.7 Å². The molecule has 2 heterocycles. The number of pyridine rings is 1. The largest absolute Gasteiger partial charge is 0.366 e. The first kappa shape index (κ1) is 9.61. The van der Waals surface area contributed by atoms with Gasteiger partial charge in [0.15, 0.2) is 5.69 Å². The van der Waals surface area contributed by atoms with E-state index in [4.69, 9.17) is 11.0 Å². The second kappa shape index (κ2) is 3.67. The Hall–Kier alpha value is -1.94. The highest BCUT2D eigenvalue weighted by Gasteiger charge is 2.11. The standard InChI is InChI=1S/C8H5BrN6/c9-7-13-8(11)14-15(7)6-2-1-3-12-5(6)4-10/h1-3H,(H2,11,14). The lowest BCUT2D eigenvalue weighted by Crippen LogP contribution is -2.02. The normalized spacial score (nSPS) is 9.87. The highest BCUT2D eigenvalue weighted by molar-refractivity contribution is 9.10. The predicted molar refractivity (Wildman–Crippen MR) is 56.0 cm³/mol. The van der Waals surface area contributed by atoms with E-state index in [1.54, 1.807) is 12.1 Å². The van der Waals surface area contributed by atoms with Crippen molar-refractivity contribution in [3.05, 3.63) is 28.8 Å². The first-order valence-electron chi connectivity index (χ1n) is 3.96. The summed E-state index contributed by atoms with van der Waals surface area (Å²) in [5.74, 6) is 0.134. The summed E-state index contributed by atoms with van der Waals surface area (Å²) in [4.78, 5) is 7.78. The van der Waals surface area contributed by atoms with Gasteiger partial charge in [-0.2, -0.15) is 10.2 Å². The van der Waals surface area contributed by atoms with Crippen LogP contribution in [0.15, 0.2) is 23.1 Å². The van der Waals surface area contributed by atoms with Crippen LogP contribution in [0.1, 0.15) is 5.69 Å². The summed E-state index contributed by atoms with van der Waals surface area (Å²) in [6.45, 7) is 0. The molecule has 0 saturated heterocycles. The van der Waals surface area contributed by atoms with Crippen molar-refractivity contribution in [2.45, 2.75) is 0 Å². The lowest BCUT2D eigenvalue weighted by molar-refractivity contribution is 0.849. The SMILES string of the molecule is N#Cc1ncccc1-n1nc(N)nc1Br. The van der Waals surface area contributed by atoms with Crippen molar-refractivity contribution in [3.8, 4) is 11.8 Å². The van der Waals surface area contributed by atoms with E-state index in [0.717, 1.165) is 0 Å². The van der Waals surface area contributed by atoms with E-state index in [0.29, 0.717) is 10.4 Å². The monoisotopic (exact) mass is 264 g/mol. The van der Waals surface area contributed by atoms with Crippen LogP contribution >= 0.6 is 15.9 Å². The van der Waals surface area contributed by atoms with Gasteiger partial charge < -0.3 is 5.73 Å². The Morgan fingerprint density at radius 2 is 2.33 bits per heavy atom.